The van der Waals surface area contributed by atoms with E-state index in [0.717, 1.165) is 17.7 Å². The lowest BCUT2D eigenvalue weighted by Gasteiger charge is -2.11. The van der Waals surface area contributed by atoms with E-state index in [9.17, 15) is 0 Å². The second kappa shape index (κ2) is 5.57. The summed E-state index contributed by atoms with van der Waals surface area (Å²) in [5.74, 6) is 1.61. The number of nitrogens with zero attached hydrogens (tertiary/aromatic N) is 4. The molecule has 7 heteroatoms. The monoisotopic (exact) mass is 291 g/mol. The number of aryl methyl sites for hydroxylation is 1. The van der Waals surface area contributed by atoms with Crippen LogP contribution >= 0.6 is 0 Å². The molecule has 2 atom stereocenters. The molecule has 1 saturated heterocycles. The first kappa shape index (κ1) is 14.2. The number of ether oxygens (including phenoxy) is 1. The van der Waals surface area contributed by atoms with Gasteiger partial charge in [-0.25, -0.2) is 0 Å². The Labute approximate surface area is 123 Å². The van der Waals surface area contributed by atoms with Crippen molar-refractivity contribution in [2.45, 2.75) is 32.3 Å². The normalized spacial score (nSPS) is 22.3. The molecule has 2 aromatic rings. The summed E-state index contributed by atoms with van der Waals surface area (Å²) in [4.78, 5) is 4.51. The highest BCUT2D eigenvalue weighted by Gasteiger charge is 2.33. The molecule has 0 bridgehead atoms. The minimum absolute atomic E-state index is 0.185. The molecule has 21 heavy (non-hydrogen) atoms. The van der Waals surface area contributed by atoms with Crippen molar-refractivity contribution in [1.29, 1.82) is 0 Å². The summed E-state index contributed by atoms with van der Waals surface area (Å²) in [6.07, 6.45) is 2.67. The molecular formula is C14H21N5O2. The largest absolute Gasteiger partial charge is 0.368 e. The first-order valence-electron chi connectivity index (χ1n) is 7.29. The molecule has 0 radical (unpaired) electrons. The van der Waals surface area contributed by atoms with Gasteiger partial charge in [0, 0.05) is 25.8 Å². The smallest absolute Gasteiger partial charge is 0.256 e. The molecule has 3 heterocycles. The van der Waals surface area contributed by atoms with Gasteiger partial charge in [-0.15, -0.1) is 0 Å². The van der Waals surface area contributed by atoms with E-state index in [0.29, 0.717) is 30.8 Å². The molecule has 0 aliphatic carbocycles. The molecule has 0 spiro atoms. The lowest BCUT2D eigenvalue weighted by atomic mass is 10.0. The summed E-state index contributed by atoms with van der Waals surface area (Å²) in [6, 6.07) is 0. The Morgan fingerprint density at radius 1 is 1.48 bits per heavy atom. The summed E-state index contributed by atoms with van der Waals surface area (Å²) in [7, 11) is 1.89. The van der Waals surface area contributed by atoms with Crippen molar-refractivity contribution in [2.24, 2.45) is 18.7 Å². The third-order valence-corrected chi connectivity index (χ3v) is 3.85. The first-order valence-corrected chi connectivity index (χ1v) is 7.29. The van der Waals surface area contributed by atoms with Crippen LogP contribution in [0, 0.1) is 5.92 Å². The zero-order chi connectivity index (χ0) is 15.0. The summed E-state index contributed by atoms with van der Waals surface area (Å²) >= 11 is 0. The van der Waals surface area contributed by atoms with Crippen LogP contribution < -0.4 is 5.73 Å². The van der Waals surface area contributed by atoms with Crippen molar-refractivity contribution in [3.63, 3.8) is 0 Å². The molecule has 1 aliphatic heterocycles. The average Bonchev–Trinajstić information content (AvgIpc) is 3.15. The predicted molar refractivity (Wildman–Crippen MR) is 76.4 cm³/mol. The van der Waals surface area contributed by atoms with Crippen LogP contribution in [0.25, 0.3) is 11.4 Å². The molecule has 0 saturated carbocycles. The highest BCUT2D eigenvalue weighted by atomic mass is 16.5. The summed E-state index contributed by atoms with van der Waals surface area (Å²) in [5, 5.41) is 8.56. The molecule has 1 aliphatic rings. The van der Waals surface area contributed by atoms with Crippen LogP contribution in [0.4, 0.5) is 0 Å². The van der Waals surface area contributed by atoms with E-state index in [4.69, 9.17) is 15.0 Å². The number of rotatable bonds is 4. The van der Waals surface area contributed by atoms with Crippen molar-refractivity contribution in [3.05, 3.63) is 17.8 Å². The van der Waals surface area contributed by atoms with E-state index < -0.39 is 0 Å². The average molecular weight is 291 g/mol. The molecule has 7 nitrogen and oxygen atoms in total. The quantitative estimate of drug-likeness (QED) is 0.920. The maximum absolute atomic E-state index is 5.76. The van der Waals surface area contributed by atoms with E-state index in [1.54, 1.807) is 4.68 Å². The van der Waals surface area contributed by atoms with Gasteiger partial charge >= 0.3 is 0 Å². The van der Waals surface area contributed by atoms with Crippen molar-refractivity contribution in [2.75, 3.05) is 13.2 Å². The summed E-state index contributed by atoms with van der Waals surface area (Å²) in [6.45, 7) is 5.44. The molecule has 0 unspecified atom stereocenters. The van der Waals surface area contributed by atoms with Crippen molar-refractivity contribution >= 4 is 0 Å². The maximum Gasteiger partial charge on any atom is 0.256 e. The molecule has 2 aromatic heterocycles. The van der Waals surface area contributed by atoms with Crippen LogP contribution in [0.1, 0.15) is 43.9 Å². The first-order chi connectivity index (χ1) is 10.1. The topological polar surface area (TPSA) is 92.0 Å². The minimum atomic E-state index is -0.185. The fourth-order valence-electron chi connectivity index (χ4n) is 2.71. The standard InChI is InChI=1S/C14H21N5O2/c1-8(2)11-10(7-19(3)17-11)13-16-14(21-18-13)12-9(6-15)4-5-20-12/h7-9,12H,4-6,15H2,1-3H3/t9-,12-/m0/s1. The van der Waals surface area contributed by atoms with Crippen LogP contribution in [0.15, 0.2) is 10.7 Å². The zero-order valence-electron chi connectivity index (χ0n) is 12.6. The fourth-order valence-corrected chi connectivity index (χ4v) is 2.71. The second-order valence-corrected chi connectivity index (χ2v) is 5.79. The molecule has 0 amide bonds. The Hall–Kier alpha value is -1.73. The van der Waals surface area contributed by atoms with Gasteiger partial charge in [0.15, 0.2) is 0 Å². The number of hydrogen-bond acceptors (Lipinski definition) is 6. The molecular weight excluding hydrogens is 270 g/mol. The Morgan fingerprint density at radius 2 is 2.29 bits per heavy atom. The van der Waals surface area contributed by atoms with E-state index >= 15 is 0 Å². The highest BCUT2D eigenvalue weighted by Crippen LogP contribution is 2.34. The summed E-state index contributed by atoms with van der Waals surface area (Å²) in [5.41, 5.74) is 7.64. The van der Waals surface area contributed by atoms with Gasteiger partial charge in [0.25, 0.3) is 5.89 Å². The fraction of sp³-hybridized carbons (Fsp3) is 0.643. The van der Waals surface area contributed by atoms with Crippen molar-refractivity contribution < 1.29 is 9.26 Å². The SMILES string of the molecule is CC(C)c1nn(C)cc1-c1noc([C@H]2OCC[C@H]2CN)n1. The van der Waals surface area contributed by atoms with Crippen LogP contribution in [0.5, 0.6) is 0 Å². The van der Waals surface area contributed by atoms with Gasteiger partial charge in [0.1, 0.15) is 6.10 Å². The van der Waals surface area contributed by atoms with E-state index in [1.807, 2.05) is 13.2 Å². The van der Waals surface area contributed by atoms with E-state index in [2.05, 4.69) is 29.1 Å². The Kier molecular flexibility index (Phi) is 3.77. The Balaban J connectivity index is 1.92. The number of nitrogens with two attached hydrogens (primary N) is 1. The molecule has 3 rings (SSSR count). The van der Waals surface area contributed by atoms with Gasteiger partial charge in [-0.3, -0.25) is 4.68 Å². The predicted octanol–water partition coefficient (Wildman–Crippen LogP) is 1.63. The van der Waals surface area contributed by atoms with Crippen LogP contribution in [0.3, 0.4) is 0 Å². The third kappa shape index (κ3) is 2.58. The lowest BCUT2D eigenvalue weighted by Crippen LogP contribution is -2.18. The van der Waals surface area contributed by atoms with Crippen LogP contribution in [-0.4, -0.2) is 33.1 Å². The van der Waals surface area contributed by atoms with Gasteiger partial charge < -0.3 is 15.0 Å². The third-order valence-electron chi connectivity index (χ3n) is 3.85. The Bertz CT molecular complexity index is 619. The van der Waals surface area contributed by atoms with Crippen molar-refractivity contribution in [1.82, 2.24) is 19.9 Å². The van der Waals surface area contributed by atoms with Crippen molar-refractivity contribution in [3.8, 4) is 11.4 Å². The molecule has 2 N–H and O–H groups in total. The van der Waals surface area contributed by atoms with Crippen LogP contribution in [-0.2, 0) is 11.8 Å². The number of hydrogen-bond donors (Lipinski definition) is 1. The van der Waals surface area contributed by atoms with Gasteiger partial charge in [-0.05, 0) is 18.9 Å². The molecule has 1 fully saturated rings. The summed E-state index contributed by atoms with van der Waals surface area (Å²) < 4.78 is 12.9. The highest BCUT2D eigenvalue weighted by molar-refractivity contribution is 5.57. The maximum atomic E-state index is 5.76. The Morgan fingerprint density at radius 3 is 3.00 bits per heavy atom. The molecule has 114 valence electrons. The lowest BCUT2D eigenvalue weighted by molar-refractivity contribution is 0.0642. The zero-order valence-corrected chi connectivity index (χ0v) is 12.6. The van der Waals surface area contributed by atoms with Gasteiger partial charge in [-0.1, -0.05) is 19.0 Å². The minimum Gasteiger partial charge on any atom is -0.368 e. The second-order valence-electron chi connectivity index (χ2n) is 5.79. The molecule has 0 aromatic carbocycles. The number of aromatic nitrogens is 4. The van der Waals surface area contributed by atoms with Crippen LogP contribution in [0.2, 0.25) is 0 Å². The van der Waals surface area contributed by atoms with Gasteiger partial charge in [-0.2, -0.15) is 10.1 Å². The van der Waals surface area contributed by atoms with E-state index in [-0.39, 0.29) is 12.0 Å². The van der Waals surface area contributed by atoms with E-state index in [1.165, 1.54) is 0 Å². The van der Waals surface area contributed by atoms with Gasteiger partial charge in [0.05, 0.1) is 11.3 Å². The van der Waals surface area contributed by atoms with Gasteiger partial charge in [0.2, 0.25) is 5.82 Å².